The fourth-order valence-electron chi connectivity index (χ4n) is 2.59. The Bertz CT molecular complexity index is 436. The molecule has 0 aromatic heterocycles. The number of carbonyl (C=O) groups excluding carboxylic acids is 1. The van der Waals surface area contributed by atoms with Gasteiger partial charge in [0.15, 0.2) is 0 Å². The monoisotopic (exact) mass is 277 g/mol. The molecule has 4 nitrogen and oxygen atoms in total. The number of hydrogen-bond acceptors (Lipinski definition) is 2. The van der Waals surface area contributed by atoms with Crippen molar-refractivity contribution < 1.29 is 14.0 Å². The Morgan fingerprint density at radius 1 is 1.20 bits per heavy atom. The molecule has 2 rings (SSSR count). The molecule has 4 heteroatoms. The van der Waals surface area contributed by atoms with Crippen molar-refractivity contribution in [2.75, 3.05) is 39.9 Å². The molecule has 1 aliphatic rings. The number of ether oxygens (including phenoxy) is 1. The third-order valence-corrected chi connectivity index (χ3v) is 3.88. The van der Waals surface area contributed by atoms with Crippen molar-refractivity contribution in [2.45, 2.75) is 19.9 Å². The number of rotatable bonds is 5. The molecule has 0 atom stereocenters. The number of nitrogens with zero attached hydrogens (tertiary/aromatic N) is 1. The van der Waals surface area contributed by atoms with Crippen molar-refractivity contribution in [3.05, 3.63) is 35.4 Å². The summed E-state index contributed by atoms with van der Waals surface area (Å²) in [5.74, 6) is 0.0902. The number of quaternary nitrogens is 1. The number of morpholine rings is 1. The lowest BCUT2D eigenvalue weighted by molar-refractivity contribution is -0.929. The zero-order valence-corrected chi connectivity index (χ0v) is 12.5. The van der Waals surface area contributed by atoms with Crippen molar-refractivity contribution >= 4 is 5.91 Å². The molecular weight excluding hydrogens is 252 g/mol. The lowest BCUT2D eigenvalue weighted by Gasteiger charge is -2.37. The number of carbonyl (C=O) groups is 1. The van der Waals surface area contributed by atoms with Gasteiger partial charge in [0.2, 0.25) is 5.91 Å². The number of nitrogens with one attached hydrogen (secondary N) is 1. The lowest BCUT2D eigenvalue weighted by Crippen LogP contribution is -2.51. The molecule has 1 amide bonds. The maximum atomic E-state index is 11.5. The van der Waals surface area contributed by atoms with Crippen LogP contribution in [0.2, 0.25) is 0 Å². The van der Waals surface area contributed by atoms with Gasteiger partial charge >= 0.3 is 0 Å². The molecule has 110 valence electrons. The first-order valence-corrected chi connectivity index (χ1v) is 7.37. The first kappa shape index (κ1) is 15.0. The van der Waals surface area contributed by atoms with Crippen molar-refractivity contribution in [1.29, 1.82) is 0 Å². The molecule has 1 N–H and O–H groups in total. The van der Waals surface area contributed by atoms with Gasteiger partial charge in [-0.2, -0.15) is 0 Å². The van der Waals surface area contributed by atoms with Crippen LogP contribution in [0.15, 0.2) is 24.3 Å². The molecule has 0 radical (unpaired) electrons. The van der Waals surface area contributed by atoms with E-state index >= 15 is 0 Å². The highest BCUT2D eigenvalue weighted by atomic mass is 16.5. The van der Waals surface area contributed by atoms with E-state index in [9.17, 15) is 4.79 Å². The van der Waals surface area contributed by atoms with Crippen LogP contribution in [0.1, 0.15) is 18.1 Å². The molecule has 1 fully saturated rings. The Labute approximate surface area is 121 Å². The minimum absolute atomic E-state index is 0.0902. The van der Waals surface area contributed by atoms with Gasteiger partial charge in [0.1, 0.15) is 19.6 Å². The van der Waals surface area contributed by atoms with E-state index in [0.717, 1.165) is 42.9 Å². The molecule has 1 aromatic rings. The molecule has 0 unspecified atom stereocenters. The third kappa shape index (κ3) is 4.32. The molecule has 0 aliphatic carbocycles. The summed E-state index contributed by atoms with van der Waals surface area (Å²) in [5.41, 5.74) is 2.40. The molecule has 1 saturated heterocycles. The number of hydrogen-bond donors (Lipinski definition) is 1. The van der Waals surface area contributed by atoms with Crippen LogP contribution in [0.3, 0.4) is 0 Å². The fraction of sp³-hybridized carbons (Fsp3) is 0.562. The molecule has 1 heterocycles. The van der Waals surface area contributed by atoms with Gasteiger partial charge in [0.05, 0.1) is 26.7 Å². The standard InChI is InChI=1S/C16H24N2O2/c1-3-17-16(19)12-14-4-6-15(7-5-14)13-18(2)8-10-20-11-9-18/h4-7H,3,8-13H2,1-2H3/p+1. The second kappa shape index (κ2) is 6.86. The van der Waals surface area contributed by atoms with Gasteiger partial charge in [-0.15, -0.1) is 0 Å². The number of likely N-dealkylation sites (N-methyl/N-ethyl adjacent to an activating group) is 2. The topological polar surface area (TPSA) is 38.3 Å². The second-order valence-corrected chi connectivity index (χ2v) is 5.78. The Morgan fingerprint density at radius 2 is 1.80 bits per heavy atom. The first-order valence-electron chi connectivity index (χ1n) is 7.37. The predicted molar refractivity (Wildman–Crippen MR) is 79.3 cm³/mol. The van der Waals surface area contributed by atoms with Crippen LogP contribution in [0.25, 0.3) is 0 Å². The lowest BCUT2D eigenvalue weighted by atomic mass is 10.1. The van der Waals surface area contributed by atoms with E-state index in [1.54, 1.807) is 0 Å². The number of benzene rings is 1. The maximum Gasteiger partial charge on any atom is 0.224 e. The zero-order chi connectivity index (χ0) is 14.4. The first-order chi connectivity index (χ1) is 9.61. The minimum Gasteiger partial charge on any atom is -0.370 e. The number of amides is 1. The van der Waals surface area contributed by atoms with Gasteiger partial charge in [0.25, 0.3) is 0 Å². The Hall–Kier alpha value is -1.39. The average molecular weight is 277 g/mol. The summed E-state index contributed by atoms with van der Waals surface area (Å²) in [6.45, 7) is 7.51. The second-order valence-electron chi connectivity index (χ2n) is 5.78. The van der Waals surface area contributed by atoms with Gasteiger partial charge in [-0.3, -0.25) is 4.79 Å². The summed E-state index contributed by atoms with van der Waals surface area (Å²) in [6, 6.07) is 8.43. The summed E-state index contributed by atoms with van der Waals surface area (Å²) in [6.07, 6.45) is 0.466. The highest BCUT2D eigenvalue weighted by Gasteiger charge is 2.25. The fourth-order valence-corrected chi connectivity index (χ4v) is 2.59. The molecular formula is C16H25N2O2+. The Kier molecular flexibility index (Phi) is 5.15. The van der Waals surface area contributed by atoms with E-state index in [0.29, 0.717) is 13.0 Å². The van der Waals surface area contributed by atoms with E-state index in [1.807, 2.05) is 6.92 Å². The SMILES string of the molecule is CCNC(=O)Cc1ccc(C[N+]2(C)CCOCC2)cc1. The highest BCUT2D eigenvalue weighted by Crippen LogP contribution is 2.15. The maximum absolute atomic E-state index is 11.5. The third-order valence-electron chi connectivity index (χ3n) is 3.88. The van der Waals surface area contributed by atoms with Crippen molar-refractivity contribution in [2.24, 2.45) is 0 Å². The van der Waals surface area contributed by atoms with E-state index < -0.39 is 0 Å². The van der Waals surface area contributed by atoms with Crippen LogP contribution >= 0.6 is 0 Å². The summed E-state index contributed by atoms with van der Waals surface area (Å²) in [4.78, 5) is 11.5. The van der Waals surface area contributed by atoms with Gasteiger partial charge in [-0.1, -0.05) is 24.3 Å². The van der Waals surface area contributed by atoms with Gasteiger partial charge in [-0.05, 0) is 12.5 Å². The van der Waals surface area contributed by atoms with Crippen LogP contribution in [0, 0.1) is 0 Å². The van der Waals surface area contributed by atoms with Crippen LogP contribution in [-0.2, 0) is 22.5 Å². The smallest absolute Gasteiger partial charge is 0.224 e. The normalized spacial score (nSPS) is 17.7. The largest absolute Gasteiger partial charge is 0.370 e. The summed E-state index contributed by atoms with van der Waals surface area (Å²) >= 11 is 0. The quantitative estimate of drug-likeness (QED) is 0.825. The molecule has 0 spiro atoms. The summed E-state index contributed by atoms with van der Waals surface area (Å²) in [7, 11) is 2.28. The van der Waals surface area contributed by atoms with E-state index in [2.05, 4.69) is 36.6 Å². The van der Waals surface area contributed by atoms with Gasteiger partial charge in [-0.25, -0.2) is 0 Å². The van der Waals surface area contributed by atoms with Crippen LogP contribution in [0.4, 0.5) is 0 Å². The molecule has 0 saturated carbocycles. The Morgan fingerprint density at radius 3 is 2.40 bits per heavy atom. The van der Waals surface area contributed by atoms with Gasteiger partial charge in [0, 0.05) is 12.1 Å². The van der Waals surface area contributed by atoms with Crippen LogP contribution in [-0.4, -0.2) is 50.3 Å². The molecule has 1 aromatic carbocycles. The predicted octanol–water partition coefficient (Wildman–Crippen LogP) is 1.34. The minimum atomic E-state index is 0.0902. The molecule has 20 heavy (non-hydrogen) atoms. The van der Waals surface area contributed by atoms with Crippen molar-refractivity contribution in [1.82, 2.24) is 5.32 Å². The van der Waals surface area contributed by atoms with Crippen LogP contribution < -0.4 is 5.32 Å². The van der Waals surface area contributed by atoms with Crippen molar-refractivity contribution in [3.8, 4) is 0 Å². The Balaban J connectivity index is 1.92. The summed E-state index contributed by atoms with van der Waals surface area (Å²) < 4.78 is 6.47. The highest BCUT2D eigenvalue weighted by molar-refractivity contribution is 5.78. The molecule has 0 bridgehead atoms. The summed E-state index contributed by atoms with van der Waals surface area (Å²) in [5, 5.41) is 2.82. The average Bonchev–Trinajstić information content (AvgIpc) is 2.42. The van der Waals surface area contributed by atoms with E-state index in [4.69, 9.17) is 4.74 Å². The van der Waals surface area contributed by atoms with E-state index in [-0.39, 0.29) is 5.91 Å². The van der Waals surface area contributed by atoms with E-state index in [1.165, 1.54) is 5.56 Å². The van der Waals surface area contributed by atoms with Crippen LogP contribution in [0.5, 0.6) is 0 Å². The molecule has 1 aliphatic heterocycles. The van der Waals surface area contributed by atoms with Gasteiger partial charge < -0.3 is 14.5 Å². The zero-order valence-electron chi connectivity index (χ0n) is 12.5. The van der Waals surface area contributed by atoms with Crippen molar-refractivity contribution in [3.63, 3.8) is 0 Å².